The minimum absolute atomic E-state index is 0.0133. The van der Waals surface area contributed by atoms with Gasteiger partial charge in [-0.25, -0.2) is 5.01 Å². The lowest BCUT2D eigenvalue weighted by atomic mass is 9.94. The average molecular weight is 458 g/mol. The van der Waals surface area contributed by atoms with Gasteiger partial charge in [0.15, 0.2) is 0 Å². The molecule has 0 bridgehead atoms. The summed E-state index contributed by atoms with van der Waals surface area (Å²) in [7, 11) is 0. The van der Waals surface area contributed by atoms with Crippen LogP contribution in [0.25, 0.3) is 0 Å². The van der Waals surface area contributed by atoms with Crippen molar-refractivity contribution in [3.8, 4) is 0 Å². The van der Waals surface area contributed by atoms with Crippen LogP contribution in [0.1, 0.15) is 62.6 Å². The van der Waals surface area contributed by atoms with Crippen molar-refractivity contribution in [3.63, 3.8) is 0 Å². The topological polar surface area (TPSA) is 35.9 Å². The van der Waals surface area contributed by atoms with Crippen LogP contribution in [0.4, 0.5) is 0 Å². The molecule has 164 valence electrons. The highest BCUT2D eigenvalue weighted by Gasteiger charge is 2.36. The first-order valence-electron chi connectivity index (χ1n) is 11.2. The van der Waals surface area contributed by atoms with Crippen LogP contribution in [0.3, 0.4) is 0 Å². The van der Waals surface area contributed by atoms with Crippen LogP contribution in [0, 0.1) is 0 Å². The largest absolute Gasteiger partial charge is 0.292 e. The second kappa shape index (κ2) is 10.2. The molecule has 0 saturated heterocycles. The monoisotopic (exact) mass is 457 g/mol. The minimum atomic E-state index is -0.225. The summed E-state index contributed by atoms with van der Waals surface area (Å²) < 4.78 is 0. The summed E-state index contributed by atoms with van der Waals surface area (Å²) in [6, 6.07) is 15.6. The Morgan fingerprint density at radius 1 is 1.03 bits per heavy atom. The van der Waals surface area contributed by atoms with E-state index in [2.05, 4.69) is 11.8 Å². The Bertz CT molecular complexity index is 955. The first kappa shape index (κ1) is 22.3. The number of amides is 1. The van der Waals surface area contributed by atoms with Gasteiger partial charge in [0.25, 0.3) is 5.91 Å². The normalized spacial score (nSPS) is 19.7. The summed E-state index contributed by atoms with van der Waals surface area (Å²) >= 11 is 13.0. The molecule has 0 radical (unpaired) electrons. The fraction of sp³-hybridized carbons (Fsp3) is 0.440. The molecule has 2 aromatic rings. The van der Waals surface area contributed by atoms with Crippen LogP contribution >= 0.6 is 23.2 Å². The van der Waals surface area contributed by atoms with Gasteiger partial charge in [-0.2, -0.15) is 5.10 Å². The second-order valence-corrected chi connectivity index (χ2v) is 9.18. The van der Waals surface area contributed by atoms with Gasteiger partial charge in [-0.15, -0.1) is 0 Å². The van der Waals surface area contributed by atoms with Crippen molar-refractivity contribution in [1.82, 2.24) is 9.91 Å². The number of hydrazone groups is 1. The molecular weight excluding hydrogens is 429 g/mol. The molecule has 2 aliphatic rings. The summed E-state index contributed by atoms with van der Waals surface area (Å²) in [6.07, 6.45) is 6.72. The molecule has 1 fully saturated rings. The van der Waals surface area contributed by atoms with E-state index in [4.69, 9.17) is 28.3 Å². The van der Waals surface area contributed by atoms with Crippen LogP contribution < -0.4 is 0 Å². The van der Waals surface area contributed by atoms with Gasteiger partial charge in [0.1, 0.15) is 0 Å². The highest BCUT2D eigenvalue weighted by atomic mass is 35.5. The van der Waals surface area contributed by atoms with Crippen LogP contribution in [0.15, 0.2) is 53.6 Å². The molecule has 0 spiro atoms. The highest BCUT2D eigenvalue weighted by Crippen LogP contribution is 2.37. The highest BCUT2D eigenvalue weighted by molar-refractivity contribution is 6.34. The smallest absolute Gasteiger partial charge is 0.257 e. The molecule has 1 unspecified atom stereocenters. The molecule has 6 heteroatoms. The predicted octanol–water partition coefficient (Wildman–Crippen LogP) is 6.33. The Morgan fingerprint density at radius 3 is 2.39 bits per heavy atom. The summed E-state index contributed by atoms with van der Waals surface area (Å²) in [5.74, 6) is 0.0133. The molecular formula is C25H29Cl2N3O. The Hall–Kier alpha value is -1.88. The Kier molecular flexibility index (Phi) is 7.31. The zero-order chi connectivity index (χ0) is 21.8. The quantitative estimate of drug-likeness (QED) is 0.508. The Balaban J connectivity index is 1.62. The standard InChI is InChI=1S/C25H29Cl2N3O/c1-2-29(18-10-4-3-5-11-18)17-25(31)30-24(20-13-7-9-15-22(20)27)16-23(28-30)19-12-6-8-14-21(19)26/h6-9,12-15,18,24H,2-5,10-11,16-17H2,1H3. The maximum Gasteiger partial charge on any atom is 0.257 e. The lowest BCUT2D eigenvalue weighted by molar-refractivity contribution is -0.135. The van der Waals surface area contributed by atoms with E-state index in [-0.39, 0.29) is 11.9 Å². The number of halogens is 2. The van der Waals surface area contributed by atoms with Gasteiger partial charge in [-0.1, -0.05) is 85.8 Å². The van der Waals surface area contributed by atoms with E-state index in [9.17, 15) is 4.79 Å². The van der Waals surface area contributed by atoms with E-state index in [0.29, 0.717) is 29.1 Å². The summed E-state index contributed by atoms with van der Waals surface area (Å²) in [5, 5.41) is 7.72. The molecule has 4 rings (SSSR count). The van der Waals surface area contributed by atoms with Gasteiger partial charge < -0.3 is 0 Å². The lowest BCUT2D eigenvalue weighted by Gasteiger charge is -2.34. The molecule has 1 amide bonds. The van der Waals surface area contributed by atoms with Gasteiger partial charge in [-0.05, 0) is 37.1 Å². The molecule has 0 N–H and O–H groups in total. The summed E-state index contributed by atoms with van der Waals surface area (Å²) in [6.45, 7) is 3.37. The number of carbonyl (C=O) groups is 1. The molecule has 2 aromatic carbocycles. The van der Waals surface area contributed by atoms with E-state index in [0.717, 1.165) is 23.4 Å². The van der Waals surface area contributed by atoms with Crippen LogP contribution in [0.5, 0.6) is 0 Å². The van der Waals surface area contributed by atoms with Crippen LogP contribution in [-0.4, -0.2) is 40.7 Å². The second-order valence-electron chi connectivity index (χ2n) is 8.36. The SMILES string of the molecule is CCN(CC(=O)N1N=C(c2ccccc2Cl)CC1c1ccccc1Cl)C1CCCCC1. The predicted molar refractivity (Wildman–Crippen MR) is 128 cm³/mol. The third-order valence-corrected chi connectivity index (χ3v) is 7.12. The first-order chi connectivity index (χ1) is 15.1. The molecule has 31 heavy (non-hydrogen) atoms. The zero-order valence-corrected chi connectivity index (χ0v) is 19.4. The lowest BCUT2D eigenvalue weighted by Crippen LogP contribution is -2.44. The van der Waals surface area contributed by atoms with E-state index >= 15 is 0 Å². The van der Waals surface area contributed by atoms with Crippen molar-refractivity contribution in [2.24, 2.45) is 5.10 Å². The third kappa shape index (κ3) is 4.97. The molecule has 1 atom stereocenters. The average Bonchev–Trinajstić information content (AvgIpc) is 3.23. The van der Waals surface area contributed by atoms with Crippen molar-refractivity contribution in [1.29, 1.82) is 0 Å². The Labute approximate surface area is 194 Å². The number of benzene rings is 2. The maximum absolute atomic E-state index is 13.5. The fourth-order valence-corrected chi connectivity index (χ4v) is 5.28. The molecule has 0 aromatic heterocycles. The van der Waals surface area contributed by atoms with Gasteiger partial charge >= 0.3 is 0 Å². The van der Waals surface area contributed by atoms with Crippen molar-refractivity contribution in [2.45, 2.75) is 57.5 Å². The zero-order valence-electron chi connectivity index (χ0n) is 17.9. The van der Waals surface area contributed by atoms with Crippen molar-refractivity contribution in [2.75, 3.05) is 13.1 Å². The maximum atomic E-state index is 13.5. The van der Waals surface area contributed by atoms with Crippen LogP contribution in [-0.2, 0) is 4.79 Å². The fourth-order valence-electron chi connectivity index (χ4n) is 4.78. The van der Waals surface area contributed by atoms with Crippen molar-refractivity contribution in [3.05, 3.63) is 69.7 Å². The number of hydrogen-bond donors (Lipinski definition) is 0. The van der Waals surface area contributed by atoms with Gasteiger partial charge in [0.2, 0.25) is 0 Å². The Morgan fingerprint density at radius 2 is 1.71 bits per heavy atom. The number of rotatable bonds is 6. The van der Waals surface area contributed by atoms with E-state index < -0.39 is 0 Å². The minimum Gasteiger partial charge on any atom is -0.292 e. The van der Waals surface area contributed by atoms with Gasteiger partial charge in [-0.3, -0.25) is 9.69 Å². The van der Waals surface area contributed by atoms with Crippen molar-refractivity contribution >= 4 is 34.8 Å². The van der Waals surface area contributed by atoms with Crippen molar-refractivity contribution < 1.29 is 4.79 Å². The molecule has 1 heterocycles. The summed E-state index contributed by atoms with van der Waals surface area (Å²) in [5.41, 5.74) is 2.62. The van der Waals surface area contributed by atoms with Crippen LogP contribution in [0.2, 0.25) is 10.0 Å². The number of carbonyl (C=O) groups excluding carboxylic acids is 1. The number of likely N-dealkylation sites (N-methyl/N-ethyl adjacent to an activating group) is 1. The first-order valence-corrected chi connectivity index (χ1v) is 12.0. The molecule has 1 aliphatic carbocycles. The number of hydrogen-bond acceptors (Lipinski definition) is 3. The summed E-state index contributed by atoms with van der Waals surface area (Å²) in [4.78, 5) is 15.8. The van der Waals surface area contributed by atoms with Gasteiger partial charge in [0, 0.05) is 28.1 Å². The number of nitrogens with zero attached hydrogens (tertiary/aromatic N) is 3. The molecule has 1 aliphatic heterocycles. The van der Waals surface area contributed by atoms with E-state index in [1.54, 1.807) is 5.01 Å². The molecule has 1 saturated carbocycles. The van der Waals surface area contributed by atoms with E-state index in [1.807, 2.05) is 48.5 Å². The third-order valence-electron chi connectivity index (χ3n) is 6.45. The van der Waals surface area contributed by atoms with E-state index in [1.165, 1.54) is 32.1 Å². The molecule has 4 nitrogen and oxygen atoms in total. The van der Waals surface area contributed by atoms with Gasteiger partial charge in [0.05, 0.1) is 18.3 Å².